The van der Waals surface area contributed by atoms with Gasteiger partial charge in [0.15, 0.2) is 0 Å². The number of nitrogens with one attached hydrogen (secondary N) is 2. The molecule has 0 bridgehead atoms. The fourth-order valence-corrected chi connectivity index (χ4v) is 2.95. The molecule has 1 aromatic carbocycles. The number of amides is 1. The predicted molar refractivity (Wildman–Crippen MR) is 115 cm³/mol. The van der Waals surface area contributed by atoms with E-state index in [1.165, 1.54) is 11.8 Å². The number of hydrogen-bond acceptors (Lipinski definition) is 10. The Morgan fingerprint density at radius 1 is 1.30 bits per heavy atom. The Morgan fingerprint density at radius 2 is 2.17 bits per heavy atom. The van der Waals surface area contributed by atoms with Gasteiger partial charge in [-0.1, -0.05) is 17.8 Å². The molecule has 0 fully saturated rings. The minimum atomic E-state index is -0.265. The van der Waals surface area contributed by atoms with Crippen LogP contribution in [0.4, 0.5) is 11.6 Å². The molecule has 156 valence electrons. The number of aromatic nitrogens is 4. The number of carbonyl (C=O) groups excluding carboxylic acids is 1. The number of carbonyl (C=O) groups is 1. The van der Waals surface area contributed by atoms with Gasteiger partial charge in [-0.05, 0) is 18.2 Å². The number of hydrogen-bond donors (Lipinski definition) is 3. The van der Waals surface area contributed by atoms with Gasteiger partial charge in [0, 0.05) is 24.0 Å². The zero-order valence-electron chi connectivity index (χ0n) is 16.3. The number of methoxy groups -OCH3 is 2. The summed E-state index contributed by atoms with van der Waals surface area (Å²) in [4.78, 5) is 16.3. The van der Waals surface area contributed by atoms with E-state index in [9.17, 15) is 4.79 Å². The van der Waals surface area contributed by atoms with Crippen molar-refractivity contribution in [1.82, 2.24) is 19.9 Å². The topological polar surface area (TPSA) is 142 Å². The highest BCUT2D eigenvalue weighted by Gasteiger charge is 2.14. The molecule has 12 heteroatoms. The maximum Gasteiger partial charge on any atom is 0.264 e. The average molecular weight is 428 g/mol. The molecule has 1 amide bonds. The first kappa shape index (κ1) is 20.9. The summed E-state index contributed by atoms with van der Waals surface area (Å²) in [6.45, 7) is 0. The van der Waals surface area contributed by atoms with Crippen LogP contribution in [0.3, 0.4) is 0 Å². The van der Waals surface area contributed by atoms with Crippen molar-refractivity contribution >= 4 is 35.5 Å². The van der Waals surface area contributed by atoms with Crippen molar-refractivity contribution in [3.05, 3.63) is 48.3 Å². The van der Waals surface area contributed by atoms with Gasteiger partial charge in [0.25, 0.3) is 5.95 Å². The molecule has 30 heavy (non-hydrogen) atoms. The lowest BCUT2D eigenvalue weighted by Crippen LogP contribution is -2.17. The van der Waals surface area contributed by atoms with Crippen molar-refractivity contribution in [3.63, 3.8) is 0 Å². The quantitative estimate of drug-likeness (QED) is 0.200. The van der Waals surface area contributed by atoms with E-state index in [1.807, 2.05) is 6.07 Å². The van der Waals surface area contributed by atoms with Gasteiger partial charge in [-0.2, -0.15) is 5.10 Å². The molecular formula is C18H20N8O3S. The summed E-state index contributed by atoms with van der Waals surface area (Å²) >= 11 is 1.13. The summed E-state index contributed by atoms with van der Waals surface area (Å²) in [5.74, 6) is 7.11. The van der Waals surface area contributed by atoms with Gasteiger partial charge in [-0.25, -0.2) is 10.1 Å². The zero-order chi connectivity index (χ0) is 21.3. The van der Waals surface area contributed by atoms with Crippen LogP contribution in [0.1, 0.15) is 5.56 Å². The first-order valence-corrected chi connectivity index (χ1v) is 9.63. The van der Waals surface area contributed by atoms with Gasteiger partial charge >= 0.3 is 0 Å². The Kier molecular flexibility index (Phi) is 7.05. The third-order valence-electron chi connectivity index (χ3n) is 3.74. The Hall–Kier alpha value is -3.80. The maximum absolute atomic E-state index is 12.3. The minimum absolute atomic E-state index is 0.0641. The summed E-state index contributed by atoms with van der Waals surface area (Å²) in [6.07, 6.45) is 4.91. The number of nitrogens with two attached hydrogens (primary N) is 1. The Labute approximate surface area is 176 Å². The molecule has 4 N–H and O–H groups in total. The van der Waals surface area contributed by atoms with Crippen LogP contribution >= 0.6 is 11.8 Å². The summed E-state index contributed by atoms with van der Waals surface area (Å²) in [5.41, 5.74) is 4.01. The molecule has 0 unspecified atom stereocenters. The van der Waals surface area contributed by atoms with Crippen LogP contribution in [0.2, 0.25) is 0 Å². The third-order valence-corrected chi connectivity index (χ3v) is 4.68. The van der Waals surface area contributed by atoms with Gasteiger partial charge in [-0.3, -0.25) is 9.78 Å². The number of thioether (sulfide) groups is 1. The molecule has 0 spiro atoms. The number of pyridine rings is 1. The molecule has 2 aromatic heterocycles. The molecule has 0 aliphatic rings. The molecule has 0 aliphatic carbocycles. The van der Waals surface area contributed by atoms with Crippen LogP contribution in [0.15, 0.2) is 53.0 Å². The first-order valence-electron chi connectivity index (χ1n) is 8.65. The molecule has 0 atom stereocenters. The fraction of sp³-hybridized carbons (Fsp3) is 0.167. The summed E-state index contributed by atoms with van der Waals surface area (Å²) < 4.78 is 11.6. The normalized spacial score (nSPS) is 10.7. The molecule has 2 heterocycles. The van der Waals surface area contributed by atoms with Crippen molar-refractivity contribution < 1.29 is 14.3 Å². The molecule has 0 saturated carbocycles. The van der Waals surface area contributed by atoms with E-state index < -0.39 is 0 Å². The van der Waals surface area contributed by atoms with Gasteiger partial charge in [0.1, 0.15) is 11.5 Å². The molecule has 11 nitrogen and oxygen atoms in total. The van der Waals surface area contributed by atoms with Gasteiger partial charge in [0.2, 0.25) is 11.1 Å². The number of benzene rings is 1. The number of ether oxygens (including phenoxy) is 2. The second kappa shape index (κ2) is 10.1. The highest BCUT2D eigenvalue weighted by atomic mass is 32.2. The molecule has 0 radical (unpaired) electrons. The fourth-order valence-electron chi connectivity index (χ4n) is 2.30. The van der Waals surface area contributed by atoms with E-state index in [2.05, 4.69) is 31.0 Å². The largest absolute Gasteiger partial charge is 0.497 e. The number of nitrogens with zero attached hydrogens (tertiary/aromatic N) is 5. The van der Waals surface area contributed by atoms with Crippen molar-refractivity contribution in [2.45, 2.75) is 5.16 Å². The van der Waals surface area contributed by atoms with E-state index in [4.69, 9.17) is 15.3 Å². The van der Waals surface area contributed by atoms with E-state index in [-0.39, 0.29) is 17.6 Å². The van der Waals surface area contributed by atoms with E-state index in [0.29, 0.717) is 22.3 Å². The minimum Gasteiger partial charge on any atom is -0.497 e. The number of nitrogen functional groups attached to an aromatic ring is 1. The van der Waals surface area contributed by atoms with Crippen molar-refractivity contribution in [2.75, 3.05) is 36.6 Å². The van der Waals surface area contributed by atoms with Crippen LogP contribution in [0.25, 0.3) is 0 Å². The summed E-state index contributed by atoms with van der Waals surface area (Å²) in [7, 11) is 3.07. The zero-order valence-corrected chi connectivity index (χ0v) is 17.1. The van der Waals surface area contributed by atoms with Gasteiger partial charge in [-0.15, -0.1) is 10.2 Å². The lowest BCUT2D eigenvalue weighted by molar-refractivity contribution is -0.113. The second-order valence-electron chi connectivity index (χ2n) is 5.74. The molecular weight excluding hydrogens is 408 g/mol. The smallest absolute Gasteiger partial charge is 0.264 e. The number of hydrazone groups is 1. The van der Waals surface area contributed by atoms with Crippen LogP contribution in [-0.2, 0) is 4.79 Å². The SMILES string of the molecule is COc1ccc(OC)c(NC(=O)CSc2nnc(N/N=C/c3cccnc3)n2N)c1. The van der Waals surface area contributed by atoms with E-state index in [0.717, 1.165) is 17.3 Å². The van der Waals surface area contributed by atoms with E-state index in [1.54, 1.807) is 50.0 Å². The van der Waals surface area contributed by atoms with Crippen molar-refractivity contribution in [2.24, 2.45) is 5.10 Å². The number of anilines is 2. The molecule has 0 saturated heterocycles. The number of rotatable bonds is 9. The Bertz CT molecular complexity index is 1030. The lowest BCUT2D eigenvalue weighted by Gasteiger charge is -2.11. The van der Waals surface area contributed by atoms with E-state index >= 15 is 0 Å². The third kappa shape index (κ3) is 5.38. The second-order valence-corrected chi connectivity index (χ2v) is 6.68. The Morgan fingerprint density at radius 3 is 2.90 bits per heavy atom. The Balaban J connectivity index is 1.56. The van der Waals surface area contributed by atoms with Gasteiger partial charge in [0.05, 0.1) is 31.9 Å². The van der Waals surface area contributed by atoms with Crippen LogP contribution < -0.4 is 26.1 Å². The molecule has 3 aromatic rings. The predicted octanol–water partition coefficient (Wildman–Crippen LogP) is 1.58. The van der Waals surface area contributed by atoms with Crippen LogP contribution in [0.5, 0.6) is 11.5 Å². The van der Waals surface area contributed by atoms with Crippen LogP contribution in [-0.4, -0.2) is 52.0 Å². The van der Waals surface area contributed by atoms with Gasteiger partial charge < -0.3 is 20.6 Å². The first-order chi connectivity index (χ1) is 14.6. The summed E-state index contributed by atoms with van der Waals surface area (Å²) in [5, 5.41) is 15.0. The average Bonchev–Trinajstić information content (AvgIpc) is 3.12. The molecule has 0 aliphatic heterocycles. The van der Waals surface area contributed by atoms with Crippen molar-refractivity contribution in [3.8, 4) is 11.5 Å². The lowest BCUT2D eigenvalue weighted by atomic mass is 10.2. The van der Waals surface area contributed by atoms with Crippen LogP contribution in [0, 0.1) is 0 Å². The van der Waals surface area contributed by atoms with Crippen molar-refractivity contribution in [1.29, 1.82) is 0 Å². The monoisotopic (exact) mass is 428 g/mol. The highest BCUT2D eigenvalue weighted by Crippen LogP contribution is 2.29. The molecule has 3 rings (SSSR count). The highest BCUT2D eigenvalue weighted by molar-refractivity contribution is 7.99. The summed E-state index contributed by atoms with van der Waals surface area (Å²) in [6, 6.07) is 8.78. The maximum atomic E-state index is 12.3. The standard InChI is InChI=1S/C18H20N8O3S/c1-28-13-5-6-15(29-2)14(8-13)22-16(27)11-30-18-25-24-17(26(18)19)23-21-10-12-4-3-7-20-9-12/h3-10H,11,19H2,1-2H3,(H,22,27)(H,23,24)/b21-10+.